The normalized spacial score (nSPS) is 22.1. The third kappa shape index (κ3) is 2.83. The van der Waals surface area contributed by atoms with Gasteiger partial charge in [0.15, 0.2) is 0 Å². The van der Waals surface area contributed by atoms with Crippen molar-refractivity contribution in [2.75, 3.05) is 7.05 Å². The first-order chi connectivity index (χ1) is 9.88. The van der Waals surface area contributed by atoms with Crippen molar-refractivity contribution in [1.29, 1.82) is 0 Å². The van der Waals surface area contributed by atoms with E-state index in [1.165, 1.54) is 0 Å². The highest BCUT2D eigenvalue weighted by molar-refractivity contribution is 6.25. The van der Waals surface area contributed by atoms with E-state index in [-0.39, 0.29) is 4.90 Å². The average molecular weight is 333 g/mol. The van der Waals surface area contributed by atoms with Crippen LogP contribution < -0.4 is 0 Å². The molecule has 1 rings (SSSR count). The van der Waals surface area contributed by atoms with E-state index in [0.29, 0.717) is 13.3 Å². The number of ether oxygens (including phenoxy) is 1. The molecule has 0 saturated carbocycles. The van der Waals surface area contributed by atoms with Gasteiger partial charge in [0.05, 0.1) is 0 Å². The summed E-state index contributed by atoms with van der Waals surface area (Å²) in [6.07, 6.45) is -12.7. The molecule has 12 heteroatoms. The summed E-state index contributed by atoms with van der Waals surface area (Å²) in [5.74, 6) is -2.62. The van der Waals surface area contributed by atoms with E-state index < -0.39 is 48.7 Å². The van der Waals surface area contributed by atoms with Crippen molar-refractivity contribution >= 4 is 18.0 Å². The SMILES string of the molecule is CN1[C@@H](CCC(=O)C=[N+]=[N-])C(=O)OC1(C(F)(F)F)C(F)(F)F. The fraction of sp³-hybridized carbons (Fsp3) is 0.700. The van der Waals surface area contributed by atoms with Gasteiger partial charge in [-0.05, 0) is 13.5 Å². The minimum Gasteiger partial charge on any atom is -0.423 e. The molecule has 1 atom stereocenters. The molecule has 1 saturated heterocycles. The van der Waals surface area contributed by atoms with Gasteiger partial charge in [-0.2, -0.15) is 31.1 Å². The molecule has 1 heterocycles. The Morgan fingerprint density at radius 1 is 1.36 bits per heavy atom. The summed E-state index contributed by atoms with van der Waals surface area (Å²) in [4.78, 5) is 24.5. The maximum atomic E-state index is 12.9. The van der Waals surface area contributed by atoms with Crippen molar-refractivity contribution in [2.45, 2.75) is 37.0 Å². The second kappa shape index (κ2) is 5.69. The van der Waals surface area contributed by atoms with Gasteiger partial charge in [0, 0.05) is 6.42 Å². The number of rotatable bonds is 4. The van der Waals surface area contributed by atoms with Crippen LogP contribution in [0.2, 0.25) is 0 Å². The maximum Gasteiger partial charge on any atom is 0.453 e. The van der Waals surface area contributed by atoms with E-state index in [4.69, 9.17) is 5.53 Å². The first-order valence-corrected chi connectivity index (χ1v) is 5.68. The Morgan fingerprint density at radius 2 is 1.86 bits per heavy atom. The summed E-state index contributed by atoms with van der Waals surface area (Å²) in [5.41, 5.74) is 3.32. The number of carbonyl (C=O) groups is 2. The predicted molar refractivity (Wildman–Crippen MR) is 56.4 cm³/mol. The van der Waals surface area contributed by atoms with Crippen LogP contribution in [0, 0.1) is 0 Å². The quantitative estimate of drug-likeness (QED) is 0.255. The van der Waals surface area contributed by atoms with Gasteiger partial charge >= 0.3 is 30.3 Å². The summed E-state index contributed by atoms with van der Waals surface area (Å²) < 4.78 is 80.8. The molecular weight excluding hydrogens is 324 g/mol. The molecule has 0 amide bonds. The molecule has 0 N–H and O–H groups in total. The standard InChI is InChI=1S/C10H9F6N3O3/c1-19-6(3-2-5(20)4-18-17)7(21)22-8(19,9(11,12)13)10(14,15)16/h4,6H,2-3H2,1H3/t6-/m0/s1. The Kier molecular flexibility index (Phi) is 4.68. The van der Waals surface area contributed by atoms with Gasteiger partial charge in [-0.3, -0.25) is 9.59 Å². The fourth-order valence-corrected chi connectivity index (χ4v) is 2.06. The molecule has 0 aliphatic carbocycles. The molecule has 1 aliphatic rings. The van der Waals surface area contributed by atoms with Crippen LogP contribution in [0.25, 0.3) is 5.53 Å². The molecule has 0 unspecified atom stereocenters. The number of carbonyl (C=O) groups excluding carboxylic acids is 2. The molecule has 0 aromatic heterocycles. The summed E-state index contributed by atoms with van der Waals surface area (Å²) in [5, 5.41) is 0. The second-order valence-corrected chi connectivity index (χ2v) is 4.44. The summed E-state index contributed by atoms with van der Waals surface area (Å²) >= 11 is 0. The maximum absolute atomic E-state index is 12.9. The molecule has 124 valence electrons. The topological polar surface area (TPSA) is 83.0 Å². The Labute approximate surface area is 119 Å². The number of esters is 1. The second-order valence-electron chi connectivity index (χ2n) is 4.44. The van der Waals surface area contributed by atoms with Gasteiger partial charge in [0.1, 0.15) is 6.04 Å². The number of cyclic esters (lactones) is 1. The van der Waals surface area contributed by atoms with Crippen molar-refractivity contribution in [3.05, 3.63) is 5.53 Å². The Bertz CT molecular complexity index is 509. The third-order valence-electron chi connectivity index (χ3n) is 3.12. The lowest BCUT2D eigenvalue weighted by Crippen LogP contribution is -2.65. The Morgan fingerprint density at radius 3 is 2.23 bits per heavy atom. The molecule has 0 spiro atoms. The first kappa shape index (κ1) is 18.1. The zero-order valence-corrected chi connectivity index (χ0v) is 10.9. The minimum atomic E-state index is -5.92. The van der Waals surface area contributed by atoms with E-state index in [2.05, 4.69) is 9.53 Å². The van der Waals surface area contributed by atoms with Crippen LogP contribution in [0.4, 0.5) is 26.3 Å². The van der Waals surface area contributed by atoms with Gasteiger partial charge in [0.25, 0.3) is 0 Å². The number of hydrogen-bond donors (Lipinski definition) is 0. The number of ketones is 1. The molecule has 0 aromatic carbocycles. The number of likely N-dealkylation sites (N-methyl/N-ethyl adjacent to an activating group) is 1. The van der Waals surface area contributed by atoms with E-state index in [1.807, 2.05) is 0 Å². The van der Waals surface area contributed by atoms with Crippen LogP contribution in [0.15, 0.2) is 0 Å². The Balaban J connectivity index is 3.10. The number of halogens is 6. The van der Waals surface area contributed by atoms with E-state index in [0.717, 1.165) is 0 Å². The van der Waals surface area contributed by atoms with Gasteiger partial charge < -0.3 is 10.3 Å². The van der Waals surface area contributed by atoms with Crippen molar-refractivity contribution in [3.8, 4) is 0 Å². The van der Waals surface area contributed by atoms with E-state index in [1.54, 1.807) is 0 Å². The predicted octanol–water partition coefficient (Wildman–Crippen LogP) is 1.31. The molecule has 0 radical (unpaired) electrons. The number of nitrogens with zero attached hydrogens (tertiary/aromatic N) is 3. The van der Waals surface area contributed by atoms with Crippen molar-refractivity contribution in [3.63, 3.8) is 0 Å². The molecule has 1 aliphatic heterocycles. The van der Waals surface area contributed by atoms with Crippen LogP contribution in [0.5, 0.6) is 0 Å². The molecule has 0 aromatic rings. The van der Waals surface area contributed by atoms with E-state index >= 15 is 0 Å². The molecule has 1 fully saturated rings. The van der Waals surface area contributed by atoms with E-state index in [9.17, 15) is 35.9 Å². The highest BCUT2D eigenvalue weighted by Gasteiger charge is 2.80. The van der Waals surface area contributed by atoms with Crippen LogP contribution in [0.1, 0.15) is 12.8 Å². The molecule has 22 heavy (non-hydrogen) atoms. The molecule has 0 bridgehead atoms. The number of hydrogen-bond acceptors (Lipinski definition) is 4. The van der Waals surface area contributed by atoms with Crippen LogP contribution in [-0.4, -0.2) is 58.8 Å². The zero-order chi connectivity index (χ0) is 17.3. The monoisotopic (exact) mass is 333 g/mol. The lowest BCUT2D eigenvalue weighted by atomic mass is 10.1. The zero-order valence-electron chi connectivity index (χ0n) is 10.9. The summed E-state index contributed by atoms with van der Waals surface area (Å²) in [6.45, 7) is 0. The average Bonchev–Trinajstić information content (AvgIpc) is 2.59. The third-order valence-corrected chi connectivity index (χ3v) is 3.12. The van der Waals surface area contributed by atoms with Crippen molar-refractivity contribution < 1.29 is 45.5 Å². The lowest BCUT2D eigenvalue weighted by molar-refractivity contribution is -0.398. The molecular formula is C10H9F6N3O3. The molecule has 6 nitrogen and oxygen atoms in total. The van der Waals surface area contributed by atoms with Crippen LogP contribution in [-0.2, 0) is 14.3 Å². The fourth-order valence-electron chi connectivity index (χ4n) is 2.06. The van der Waals surface area contributed by atoms with Crippen molar-refractivity contribution in [2.24, 2.45) is 0 Å². The van der Waals surface area contributed by atoms with Gasteiger partial charge in [-0.1, -0.05) is 0 Å². The largest absolute Gasteiger partial charge is 0.453 e. The summed E-state index contributed by atoms with van der Waals surface area (Å²) in [6, 6.07) is -1.92. The highest BCUT2D eigenvalue weighted by Crippen LogP contribution is 2.51. The van der Waals surface area contributed by atoms with Gasteiger partial charge in [-0.25, -0.2) is 4.90 Å². The number of alkyl halides is 6. The van der Waals surface area contributed by atoms with Crippen LogP contribution in [0.3, 0.4) is 0 Å². The number of Topliss-reactive ketones (excluding diaryl/α,β-unsaturated/α-hetero) is 1. The summed E-state index contributed by atoms with van der Waals surface area (Å²) in [7, 11) is 0.432. The Hall–Kier alpha value is -1.94. The van der Waals surface area contributed by atoms with Crippen LogP contribution >= 0.6 is 0 Å². The van der Waals surface area contributed by atoms with Gasteiger partial charge in [-0.15, -0.1) is 0 Å². The van der Waals surface area contributed by atoms with Gasteiger partial charge in [0.2, 0.25) is 5.78 Å². The van der Waals surface area contributed by atoms with Crippen molar-refractivity contribution in [1.82, 2.24) is 4.90 Å². The smallest absolute Gasteiger partial charge is 0.423 e. The minimum absolute atomic E-state index is 0.293. The highest BCUT2D eigenvalue weighted by atomic mass is 19.4. The first-order valence-electron chi connectivity index (χ1n) is 5.68. The lowest BCUT2D eigenvalue weighted by Gasteiger charge is -2.37.